The number of carbonyl (C=O) groups excluding carboxylic acids is 1. The molecule has 0 aliphatic rings. The van der Waals surface area contributed by atoms with Gasteiger partial charge in [-0.2, -0.15) is 5.26 Å². The van der Waals surface area contributed by atoms with Crippen LogP contribution in [0.5, 0.6) is 0 Å². The second-order valence-corrected chi connectivity index (χ2v) is 7.03. The number of benzene rings is 1. The normalized spacial score (nSPS) is 10.4. The number of nitrogens with zero attached hydrogens (tertiary/aromatic N) is 5. The van der Waals surface area contributed by atoms with Gasteiger partial charge in [0.05, 0.1) is 25.6 Å². The highest BCUT2D eigenvalue weighted by Gasteiger charge is 2.21. The molecule has 0 spiro atoms. The van der Waals surface area contributed by atoms with E-state index in [4.69, 9.17) is 5.26 Å². The molecule has 0 N–H and O–H groups in total. The van der Waals surface area contributed by atoms with Gasteiger partial charge in [0.1, 0.15) is 6.54 Å². The van der Waals surface area contributed by atoms with Gasteiger partial charge in [-0.05, 0) is 37.1 Å². The van der Waals surface area contributed by atoms with E-state index < -0.39 is 29.5 Å². The van der Waals surface area contributed by atoms with E-state index in [-0.39, 0.29) is 26.1 Å². The quantitative estimate of drug-likeness (QED) is 0.561. The second-order valence-electron chi connectivity index (χ2n) is 7.03. The topological polar surface area (TPSA) is 110 Å². The summed E-state index contributed by atoms with van der Waals surface area (Å²) < 4.78 is 2.39. The summed E-state index contributed by atoms with van der Waals surface area (Å²) in [6, 6.07) is 7.53. The van der Waals surface area contributed by atoms with Crippen LogP contribution >= 0.6 is 0 Å². The Bertz CT molecular complexity index is 1160. The summed E-state index contributed by atoms with van der Waals surface area (Å²) in [7, 11) is 0. The van der Waals surface area contributed by atoms with Crippen molar-refractivity contribution >= 4 is 11.6 Å². The SMILES string of the molecule is C=CCn1c(=O)n(CC=C)c(=O)n(CC(=O)N(CCC#N)c2cc(C)cc(C)c2)c1=O. The minimum atomic E-state index is -0.899. The molecule has 2 aromatic rings. The molecule has 0 bridgehead atoms. The van der Waals surface area contributed by atoms with Gasteiger partial charge < -0.3 is 4.90 Å². The Morgan fingerprint density at radius 3 is 1.90 bits per heavy atom. The van der Waals surface area contributed by atoms with Gasteiger partial charge in [0.25, 0.3) is 0 Å². The van der Waals surface area contributed by atoms with E-state index in [1.54, 1.807) is 12.1 Å². The molecule has 31 heavy (non-hydrogen) atoms. The zero-order valence-corrected chi connectivity index (χ0v) is 17.7. The van der Waals surface area contributed by atoms with Crippen molar-refractivity contribution in [3.8, 4) is 6.07 Å². The smallest absolute Gasteiger partial charge is 0.310 e. The van der Waals surface area contributed by atoms with E-state index in [2.05, 4.69) is 13.2 Å². The Hall–Kier alpha value is -3.93. The first kappa shape index (κ1) is 23.3. The maximum Gasteiger partial charge on any atom is 0.337 e. The molecule has 1 aromatic carbocycles. The standard InChI is InChI=1S/C22H25N5O4/c1-5-9-25-20(29)26(10-6-2)22(31)27(21(25)30)15-19(28)24(11-7-8-23)18-13-16(3)12-17(4)14-18/h5-6,12-14H,1-2,7,9-11,15H2,3-4H3. The van der Waals surface area contributed by atoms with Crippen molar-refractivity contribution in [2.24, 2.45) is 0 Å². The summed E-state index contributed by atoms with van der Waals surface area (Å²) in [4.78, 5) is 52.6. The molecule has 0 radical (unpaired) electrons. The van der Waals surface area contributed by atoms with Gasteiger partial charge in [-0.15, -0.1) is 13.2 Å². The third-order valence-electron chi connectivity index (χ3n) is 4.57. The Labute approximate surface area is 179 Å². The van der Waals surface area contributed by atoms with Crippen molar-refractivity contribution in [2.45, 2.75) is 39.9 Å². The number of anilines is 1. The average molecular weight is 423 g/mol. The summed E-state index contributed by atoms with van der Waals surface area (Å²) in [5.74, 6) is -0.548. The molecule has 1 aromatic heterocycles. The highest BCUT2D eigenvalue weighted by atomic mass is 16.2. The number of aromatic nitrogens is 3. The minimum Gasteiger partial charge on any atom is -0.310 e. The number of amides is 1. The van der Waals surface area contributed by atoms with Crippen molar-refractivity contribution in [2.75, 3.05) is 11.4 Å². The van der Waals surface area contributed by atoms with Crippen molar-refractivity contribution in [3.05, 3.63) is 86.1 Å². The molecule has 0 atom stereocenters. The number of hydrogen-bond donors (Lipinski definition) is 0. The van der Waals surface area contributed by atoms with Gasteiger partial charge in [-0.25, -0.2) is 28.1 Å². The van der Waals surface area contributed by atoms with Crippen molar-refractivity contribution in [1.29, 1.82) is 5.26 Å². The number of carbonyl (C=O) groups is 1. The molecule has 0 saturated carbocycles. The van der Waals surface area contributed by atoms with Gasteiger partial charge in [0.15, 0.2) is 0 Å². The Morgan fingerprint density at radius 2 is 1.45 bits per heavy atom. The van der Waals surface area contributed by atoms with Gasteiger partial charge in [-0.1, -0.05) is 18.2 Å². The fraction of sp³-hybridized carbons (Fsp3) is 0.318. The van der Waals surface area contributed by atoms with E-state index in [9.17, 15) is 19.2 Å². The second kappa shape index (κ2) is 10.2. The third-order valence-corrected chi connectivity index (χ3v) is 4.57. The Kier molecular flexibility index (Phi) is 7.69. The van der Waals surface area contributed by atoms with Gasteiger partial charge in [-0.3, -0.25) is 4.79 Å². The number of aryl methyl sites for hydroxylation is 2. The van der Waals surface area contributed by atoms with E-state index in [0.29, 0.717) is 5.69 Å². The van der Waals surface area contributed by atoms with Gasteiger partial charge in [0.2, 0.25) is 5.91 Å². The van der Waals surface area contributed by atoms with Crippen LogP contribution in [0.4, 0.5) is 5.69 Å². The molecular formula is C22H25N5O4. The summed E-state index contributed by atoms with van der Waals surface area (Å²) >= 11 is 0. The monoisotopic (exact) mass is 423 g/mol. The van der Waals surface area contributed by atoms with Crippen molar-refractivity contribution < 1.29 is 4.79 Å². The van der Waals surface area contributed by atoms with Crippen LogP contribution < -0.4 is 22.0 Å². The molecule has 0 saturated heterocycles. The van der Waals surface area contributed by atoms with Gasteiger partial charge >= 0.3 is 17.1 Å². The van der Waals surface area contributed by atoms with Crippen LogP contribution in [0.1, 0.15) is 17.5 Å². The summed E-state index contributed by atoms with van der Waals surface area (Å²) in [5, 5.41) is 9.00. The van der Waals surface area contributed by atoms with Crippen molar-refractivity contribution in [3.63, 3.8) is 0 Å². The van der Waals surface area contributed by atoms with Crippen LogP contribution in [-0.4, -0.2) is 26.2 Å². The number of hydrogen-bond acceptors (Lipinski definition) is 5. The molecule has 0 aliphatic heterocycles. The molecule has 2 rings (SSSR count). The largest absolute Gasteiger partial charge is 0.337 e. The maximum absolute atomic E-state index is 13.2. The first-order chi connectivity index (χ1) is 14.7. The maximum atomic E-state index is 13.2. The van der Waals surface area contributed by atoms with Crippen LogP contribution in [0.15, 0.2) is 57.9 Å². The van der Waals surface area contributed by atoms with Crippen LogP contribution in [-0.2, 0) is 24.4 Å². The van der Waals surface area contributed by atoms with E-state index in [1.165, 1.54) is 17.1 Å². The fourth-order valence-corrected chi connectivity index (χ4v) is 3.28. The first-order valence-corrected chi connectivity index (χ1v) is 9.67. The summed E-state index contributed by atoms with van der Waals surface area (Å²) in [6.45, 7) is 10.1. The Balaban J connectivity index is 2.59. The van der Waals surface area contributed by atoms with E-state index in [0.717, 1.165) is 24.8 Å². The van der Waals surface area contributed by atoms with Crippen LogP contribution in [0.3, 0.4) is 0 Å². The minimum absolute atomic E-state index is 0.0737. The molecule has 162 valence electrons. The summed E-state index contributed by atoms with van der Waals surface area (Å²) in [6.07, 6.45) is 2.78. The number of allylic oxidation sites excluding steroid dienone is 2. The van der Waals surface area contributed by atoms with Crippen LogP contribution in [0.2, 0.25) is 0 Å². The Morgan fingerprint density at radius 1 is 0.968 bits per heavy atom. The van der Waals surface area contributed by atoms with E-state index >= 15 is 0 Å². The highest BCUT2D eigenvalue weighted by Crippen LogP contribution is 2.19. The first-order valence-electron chi connectivity index (χ1n) is 9.67. The lowest BCUT2D eigenvalue weighted by Crippen LogP contribution is -2.55. The highest BCUT2D eigenvalue weighted by molar-refractivity contribution is 5.93. The molecule has 1 heterocycles. The zero-order valence-electron chi connectivity index (χ0n) is 17.7. The molecule has 9 nitrogen and oxygen atoms in total. The molecule has 1 amide bonds. The predicted octanol–water partition coefficient (Wildman–Crippen LogP) is 1.11. The van der Waals surface area contributed by atoms with Gasteiger partial charge in [0, 0.05) is 12.2 Å². The van der Waals surface area contributed by atoms with Crippen LogP contribution in [0.25, 0.3) is 0 Å². The number of rotatable bonds is 9. The van der Waals surface area contributed by atoms with E-state index in [1.807, 2.05) is 26.0 Å². The number of nitriles is 1. The molecule has 0 fully saturated rings. The lowest BCUT2D eigenvalue weighted by Gasteiger charge is -2.23. The zero-order chi connectivity index (χ0) is 23.1. The molecule has 0 unspecified atom stereocenters. The predicted molar refractivity (Wildman–Crippen MR) is 118 cm³/mol. The third kappa shape index (κ3) is 5.17. The lowest BCUT2D eigenvalue weighted by atomic mass is 10.1. The van der Waals surface area contributed by atoms with Crippen molar-refractivity contribution in [1.82, 2.24) is 13.7 Å². The molecule has 0 aliphatic carbocycles. The lowest BCUT2D eigenvalue weighted by molar-refractivity contribution is -0.119. The van der Waals surface area contributed by atoms with Crippen LogP contribution in [0, 0.1) is 25.2 Å². The molecular weight excluding hydrogens is 398 g/mol. The fourth-order valence-electron chi connectivity index (χ4n) is 3.28. The summed E-state index contributed by atoms with van der Waals surface area (Å²) in [5.41, 5.74) is -0.177. The molecule has 9 heteroatoms. The average Bonchev–Trinajstić information content (AvgIpc) is 2.71.